The first-order chi connectivity index (χ1) is 9.21. The van der Waals surface area contributed by atoms with Gasteiger partial charge in [0.2, 0.25) is 0 Å². The SMILES string of the molecule is CCn1cc(CC(CCl)Cc2ccc(Br)cc2)cn1. The largest absolute Gasteiger partial charge is 0.273 e. The molecule has 0 radical (unpaired) electrons. The van der Waals surface area contributed by atoms with Crippen LogP contribution in [0.25, 0.3) is 0 Å². The smallest absolute Gasteiger partial charge is 0.0521 e. The van der Waals surface area contributed by atoms with Gasteiger partial charge in [0, 0.05) is 23.1 Å². The predicted molar refractivity (Wildman–Crippen MR) is 83.7 cm³/mol. The van der Waals surface area contributed by atoms with E-state index >= 15 is 0 Å². The summed E-state index contributed by atoms with van der Waals surface area (Å²) in [6.45, 7) is 3.01. The minimum atomic E-state index is 0.456. The van der Waals surface area contributed by atoms with Crippen molar-refractivity contribution in [3.8, 4) is 0 Å². The van der Waals surface area contributed by atoms with Gasteiger partial charge < -0.3 is 0 Å². The van der Waals surface area contributed by atoms with E-state index in [9.17, 15) is 0 Å². The summed E-state index contributed by atoms with van der Waals surface area (Å²) >= 11 is 9.56. The van der Waals surface area contributed by atoms with Crippen molar-refractivity contribution in [2.75, 3.05) is 5.88 Å². The molecule has 0 saturated carbocycles. The van der Waals surface area contributed by atoms with Crippen molar-refractivity contribution in [2.24, 2.45) is 5.92 Å². The van der Waals surface area contributed by atoms with E-state index in [2.05, 4.69) is 58.4 Å². The molecule has 0 fully saturated rings. The highest BCUT2D eigenvalue weighted by molar-refractivity contribution is 9.10. The van der Waals surface area contributed by atoms with Crippen LogP contribution in [-0.4, -0.2) is 15.7 Å². The highest BCUT2D eigenvalue weighted by Crippen LogP contribution is 2.18. The van der Waals surface area contributed by atoms with Crippen LogP contribution in [-0.2, 0) is 19.4 Å². The molecule has 1 atom stereocenters. The van der Waals surface area contributed by atoms with Gasteiger partial charge in [-0.25, -0.2) is 0 Å². The molecule has 0 spiro atoms. The molecule has 1 unspecified atom stereocenters. The van der Waals surface area contributed by atoms with E-state index in [0.29, 0.717) is 11.8 Å². The number of nitrogens with zero attached hydrogens (tertiary/aromatic N) is 2. The maximum Gasteiger partial charge on any atom is 0.0521 e. The Morgan fingerprint density at radius 3 is 2.47 bits per heavy atom. The van der Waals surface area contributed by atoms with E-state index in [-0.39, 0.29) is 0 Å². The van der Waals surface area contributed by atoms with Crippen LogP contribution in [0.3, 0.4) is 0 Å². The van der Waals surface area contributed by atoms with Crippen molar-refractivity contribution in [1.29, 1.82) is 0 Å². The molecule has 102 valence electrons. The van der Waals surface area contributed by atoms with Crippen LogP contribution in [0.1, 0.15) is 18.1 Å². The Bertz CT molecular complexity index is 507. The number of aryl methyl sites for hydroxylation is 1. The Hall–Kier alpha value is -0.800. The predicted octanol–water partition coefficient (Wildman–Crippen LogP) is 4.31. The molecular formula is C15H18BrClN2. The summed E-state index contributed by atoms with van der Waals surface area (Å²) in [7, 11) is 0. The first-order valence-corrected chi connectivity index (χ1v) is 7.85. The van der Waals surface area contributed by atoms with Gasteiger partial charge in [-0.3, -0.25) is 4.68 Å². The number of rotatable bonds is 6. The van der Waals surface area contributed by atoms with Gasteiger partial charge in [0.15, 0.2) is 0 Å². The standard InChI is InChI=1S/C15H18BrClN2/c1-2-19-11-14(10-18-19)8-13(9-17)7-12-3-5-15(16)6-4-12/h3-6,10-11,13H,2,7-9H2,1H3. The summed E-state index contributed by atoms with van der Waals surface area (Å²) in [5.41, 5.74) is 2.60. The summed E-state index contributed by atoms with van der Waals surface area (Å²) in [6, 6.07) is 8.46. The third-order valence-corrected chi connectivity index (χ3v) is 4.16. The lowest BCUT2D eigenvalue weighted by Gasteiger charge is -2.12. The van der Waals surface area contributed by atoms with Gasteiger partial charge in [0.25, 0.3) is 0 Å². The minimum Gasteiger partial charge on any atom is -0.273 e. The second-order valence-corrected chi connectivity index (χ2v) is 5.98. The van der Waals surface area contributed by atoms with Crippen LogP contribution in [0, 0.1) is 5.92 Å². The van der Waals surface area contributed by atoms with Crippen LogP contribution in [0.5, 0.6) is 0 Å². The third-order valence-electron chi connectivity index (χ3n) is 3.19. The van der Waals surface area contributed by atoms with Crippen LogP contribution in [0.2, 0.25) is 0 Å². The molecular weight excluding hydrogens is 324 g/mol. The van der Waals surface area contributed by atoms with Gasteiger partial charge in [-0.1, -0.05) is 28.1 Å². The lowest BCUT2D eigenvalue weighted by molar-refractivity contribution is 0.582. The van der Waals surface area contributed by atoms with E-state index in [1.165, 1.54) is 11.1 Å². The zero-order chi connectivity index (χ0) is 13.7. The van der Waals surface area contributed by atoms with Gasteiger partial charge in [0.05, 0.1) is 6.20 Å². The van der Waals surface area contributed by atoms with E-state index in [1.54, 1.807) is 0 Å². The molecule has 0 aliphatic heterocycles. The lowest BCUT2D eigenvalue weighted by Crippen LogP contribution is -2.09. The van der Waals surface area contributed by atoms with Crippen molar-refractivity contribution >= 4 is 27.5 Å². The Balaban J connectivity index is 1.98. The van der Waals surface area contributed by atoms with Gasteiger partial charge in [-0.2, -0.15) is 5.10 Å². The molecule has 19 heavy (non-hydrogen) atoms. The van der Waals surface area contributed by atoms with Crippen molar-refractivity contribution < 1.29 is 0 Å². The fourth-order valence-corrected chi connectivity index (χ4v) is 2.64. The molecule has 1 aromatic carbocycles. The van der Waals surface area contributed by atoms with E-state index < -0.39 is 0 Å². The Kier molecular flexibility index (Phi) is 5.46. The number of hydrogen-bond donors (Lipinski definition) is 0. The average Bonchev–Trinajstić information content (AvgIpc) is 2.88. The zero-order valence-electron chi connectivity index (χ0n) is 11.0. The van der Waals surface area contributed by atoms with Crippen molar-refractivity contribution in [2.45, 2.75) is 26.3 Å². The van der Waals surface area contributed by atoms with Crippen molar-refractivity contribution in [3.63, 3.8) is 0 Å². The Labute approximate surface area is 127 Å². The summed E-state index contributed by atoms with van der Waals surface area (Å²) in [6.07, 6.45) is 6.05. The molecule has 0 aliphatic rings. The number of benzene rings is 1. The molecule has 0 saturated heterocycles. The summed E-state index contributed by atoms with van der Waals surface area (Å²) in [4.78, 5) is 0. The third kappa shape index (κ3) is 4.36. The van der Waals surface area contributed by atoms with Crippen molar-refractivity contribution in [1.82, 2.24) is 9.78 Å². The number of aromatic nitrogens is 2. The maximum atomic E-state index is 6.10. The first kappa shape index (κ1) is 14.6. The summed E-state index contributed by atoms with van der Waals surface area (Å²) in [5, 5.41) is 4.31. The van der Waals surface area contributed by atoms with E-state index in [4.69, 9.17) is 11.6 Å². The van der Waals surface area contributed by atoms with Gasteiger partial charge >= 0.3 is 0 Å². The van der Waals surface area contributed by atoms with Gasteiger partial charge in [0.1, 0.15) is 0 Å². The maximum absolute atomic E-state index is 6.10. The fraction of sp³-hybridized carbons (Fsp3) is 0.400. The number of halogens is 2. The topological polar surface area (TPSA) is 17.8 Å². The zero-order valence-corrected chi connectivity index (χ0v) is 13.4. The van der Waals surface area contributed by atoms with Crippen LogP contribution in [0.15, 0.2) is 41.1 Å². The molecule has 0 bridgehead atoms. The Morgan fingerprint density at radius 1 is 1.21 bits per heavy atom. The summed E-state index contributed by atoms with van der Waals surface area (Å²) < 4.78 is 3.07. The second-order valence-electron chi connectivity index (χ2n) is 4.76. The minimum absolute atomic E-state index is 0.456. The average molecular weight is 342 g/mol. The molecule has 2 aromatic rings. The van der Waals surface area contributed by atoms with Crippen LogP contribution in [0.4, 0.5) is 0 Å². The Morgan fingerprint density at radius 2 is 1.89 bits per heavy atom. The molecule has 1 heterocycles. The molecule has 4 heteroatoms. The highest BCUT2D eigenvalue weighted by Gasteiger charge is 2.11. The normalized spacial score (nSPS) is 12.6. The molecule has 2 rings (SSSR count). The van der Waals surface area contributed by atoms with Gasteiger partial charge in [-0.05, 0) is 48.9 Å². The van der Waals surface area contributed by atoms with Gasteiger partial charge in [-0.15, -0.1) is 11.6 Å². The molecule has 0 aliphatic carbocycles. The highest BCUT2D eigenvalue weighted by atomic mass is 79.9. The lowest BCUT2D eigenvalue weighted by atomic mass is 9.95. The number of hydrogen-bond acceptors (Lipinski definition) is 1. The molecule has 0 N–H and O–H groups in total. The van der Waals surface area contributed by atoms with Crippen molar-refractivity contribution in [3.05, 3.63) is 52.3 Å². The molecule has 1 aromatic heterocycles. The fourth-order valence-electron chi connectivity index (χ4n) is 2.15. The molecule has 2 nitrogen and oxygen atoms in total. The quantitative estimate of drug-likeness (QED) is 0.716. The van der Waals surface area contributed by atoms with Crippen LogP contribution >= 0.6 is 27.5 Å². The van der Waals surface area contributed by atoms with E-state index in [0.717, 1.165) is 23.9 Å². The summed E-state index contributed by atoms with van der Waals surface area (Å²) in [5.74, 6) is 1.13. The molecule has 0 amide bonds. The first-order valence-electron chi connectivity index (χ1n) is 6.53. The van der Waals surface area contributed by atoms with Crippen LogP contribution < -0.4 is 0 Å². The monoisotopic (exact) mass is 340 g/mol. The number of alkyl halides is 1. The second kappa shape index (κ2) is 7.11. The van der Waals surface area contributed by atoms with E-state index in [1.807, 2.05) is 10.9 Å².